The third-order valence-corrected chi connectivity index (χ3v) is 9.98. The first kappa shape index (κ1) is 27.5. The first-order valence-electron chi connectivity index (χ1n) is 10.5. The molecule has 0 unspecified atom stereocenters. The zero-order chi connectivity index (χ0) is 23.4. The summed E-state index contributed by atoms with van der Waals surface area (Å²) >= 11 is 0. The van der Waals surface area contributed by atoms with Gasteiger partial charge < -0.3 is 4.74 Å². The summed E-state index contributed by atoms with van der Waals surface area (Å²) in [6, 6.07) is 16.0. The van der Waals surface area contributed by atoms with Gasteiger partial charge in [0, 0.05) is 22.5 Å². The van der Waals surface area contributed by atoms with Gasteiger partial charge in [-0.3, -0.25) is 4.90 Å². The number of ether oxygens (including phenoxy) is 1. The smallest absolute Gasteiger partial charge is 0.414 e. The van der Waals surface area contributed by atoms with E-state index in [2.05, 4.69) is 54.9 Å². The minimum absolute atomic E-state index is 0. The first-order chi connectivity index (χ1) is 14.3. The van der Waals surface area contributed by atoms with Crippen LogP contribution in [0, 0.1) is 0 Å². The van der Waals surface area contributed by atoms with E-state index in [0.29, 0.717) is 0 Å². The Labute approximate surface area is 195 Å². The highest BCUT2D eigenvalue weighted by molar-refractivity contribution is 6.93. The molecule has 0 N–H and O–H groups in total. The van der Waals surface area contributed by atoms with Gasteiger partial charge in [0.1, 0.15) is 13.7 Å². The van der Waals surface area contributed by atoms with E-state index in [1.165, 1.54) is 10.4 Å². The van der Waals surface area contributed by atoms with Gasteiger partial charge in [0.15, 0.2) is 0 Å². The zero-order valence-corrected chi connectivity index (χ0v) is 21.9. The fourth-order valence-electron chi connectivity index (χ4n) is 3.57. The molecule has 1 amide bonds. The van der Waals surface area contributed by atoms with Crippen LogP contribution in [0.25, 0.3) is 10.4 Å². The fraction of sp³-hybridized carbons (Fsp3) is 0.458. The highest BCUT2D eigenvalue weighted by Gasteiger charge is 2.40. The van der Waals surface area contributed by atoms with Crippen molar-refractivity contribution >= 4 is 44.0 Å². The summed E-state index contributed by atoms with van der Waals surface area (Å²) in [7, 11) is -2.92. The van der Waals surface area contributed by atoms with Gasteiger partial charge in [-0.1, -0.05) is 92.9 Å². The third kappa shape index (κ3) is 6.98. The Balaban J connectivity index is 0.000000327. The summed E-state index contributed by atoms with van der Waals surface area (Å²) in [6.07, 6.45) is 0.578. The lowest BCUT2D eigenvalue weighted by atomic mass is 10.2. The van der Waals surface area contributed by atoms with Crippen molar-refractivity contribution in [3.8, 4) is 0 Å². The summed E-state index contributed by atoms with van der Waals surface area (Å²) in [4.78, 5) is 16.9. The zero-order valence-electron chi connectivity index (χ0n) is 19.9. The minimum Gasteiger partial charge on any atom is -0.443 e. The number of fused-ring (bicyclic) bond motifs is 1. The number of hydrogen-bond acceptors (Lipinski definition) is 3. The van der Waals surface area contributed by atoms with Gasteiger partial charge >= 0.3 is 6.09 Å². The molecular weight excluding hydrogens is 432 g/mol. The summed E-state index contributed by atoms with van der Waals surface area (Å²) < 4.78 is 5.48. The Hall–Kier alpha value is -2.55. The molecule has 0 aliphatic carbocycles. The molecule has 32 heavy (non-hydrogen) atoms. The summed E-state index contributed by atoms with van der Waals surface area (Å²) in [5.41, 5.74) is 9.75. The quantitative estimate of drug-likeness (QED) is 0.212. The van der Waals surface area contributed by atoms with Gasteiger partial charge in [-0.25, -0.2) is 4.79 Å². The molecule has 1 aliphatic heterocycles. The predicted octanol–water partition coefficient (Wildman–Crippen LogP) is 6.71. The second-order valence-corrected chi connectivity index (χ2v) is 20.1. The van der Waals surface area contributed by atoms with Crippen LogP contribution in [0.4, 0.5) is 16.2 Å². The van der Waals surface area contributed by atoms with Crippen molar-refractivity contribution in [3.63, 3.8) is 0 Å². The molecule has 8 heteroatoms. The van der Waals surface area contributed by atoms with E-state index in [-0.39, 0.29) is 13.5 Å². The number of azide groups is 1. The van der Waals surface area contributed by atoms with Crippen molar-refractivity contribution in [2.75, 3.05) is 11.1 Å². The second kappa shape index (κ2) is 10.4. The van der Waals surface area contributed by atoms with Crippen molar-refractivity contribution in [3.05, 3.63) is 59.0 Å². The van der Waals surface area contributed by atoms with Crippen LogP contribution in [0.15, 0.2) is 53.6 Å². The van der Waals surface area contributed by atoms with E-state index in [0.717, 1.165) is 17.5 Å². The number of rotatable bonds is 2. The largest absolute Gasteiger partial charge is 0.443 e. The molecular formula is C24H38N4O2Si2. The number of benzene rings is 2. The molecule has 1 heterocycles. The van der Waals surface area contributed by atoms with Gasteiger partial charge in [-0.15, -0.1) is 0 Å². The van der Waals surface area contributed by atoms with Crippen LogP contribution in [0.1, 0.15) is 28.2 Å². The van der Waals surface area contributed by atoms with Gasteiger partial charge in [0.25, 0.3) is 0 Å². The van der Waals surface area contributed by atoms with Crippen LogP contribution in [-0.2, 0) is 4.74 Å². The molecule has 3 rings (SSSR count). The van der Waals surface area contributed by atoms with E-state index in [4.69, 9.17) is 10.3 Å². The van der Waals surface area contributed by atoms with Crippen LogP contribution in [-0.4, -0.2) is 34.0 Å². The lowest BCUT2D eigenvalue weighted by Gasteiger charge is -2.25. The Morgan fingerprint density at radius 2 is 1.66 bits per heavy atom. The van der Waals surface area contributed by atoms with Gasteiger partial charge in [0.05, 0.1) is 8.07 Å². The number of carbonyl (C=O) groups excluding carboxylic acids is 1. The van der Waals surface area contributed by atoms with Crippen molar-refractivity contribution in [2.45, 2.75) is 66.5 Å². The molecule has 0 saturated heterocycles. The summed E-state index contributed by atoms with van der Waals surface area (Å²) in [6.45, 7) is 17.0. The number of amides is 1. The van der Waals surface area contributed by atoms with Crippen LogP contribution < -0.4 is 15.3 Å². The lowest BCUT2D eigenvalue weighted by molar-refractivity contribution is 0.0587. The van der Waals surface area contributed by atoms with Crippen LogP contribution >= 0.6 is 0 Å². The highest BCUT2D eigenvalue weighted by atomic mass is 28.3. The maximum Gasteiger partial charge on any atom is 0.414 e. The Kier molecular flexibility index (Phi) is 8.92. The Morgan fingerprint density at radius 1 is 1.09 bits per heavy atom. The lowest BCUT2D eigenvalue weighted by Crippen LogP contribution is -2.45. The normalized spacial score (nSPS) is 14.2. The van der Waals surface area contributed by atoms with Gasteiger partial charge in [0.2, 0.25) is 0 Å². The van der Waals surface area contributed by atoms with Crippen LogP contribution in [0.3, 0.4) is 0 Å². The molecule has 174 valence electrons. The maximum atomic E-state index is 12.2. The molecule has 0 bridgehead atoms. The maximum absolute atomic E-state index is 12.2. The fourth-order valence-corrected chi connectivity index (χ4v) is 7.79. The average molecular weight is 471 g/mol. The molecule has 6 nitrogen and oxygen atoms in total. The average Bonchev–Trinajstić information content (AvgIpc) is 2.93. The van der Waals surface area contributed by atoms with E-state index in [1.807, 2.05) is 57.2 Å². The summed E-state index contributed by atoms with van der Waals surface area (Å²) in [5, 5.41) is 6.25. The Morgan fingerprint density at radius 3 is 2.22 bits per heavy atom. The highest BCUT2D eigenvalue weighted by Crippen LogP contribution is 2.27. The van der Waals surface area contributed by atoms with Crippen molar-refractivity contribution in [2.24, 2.45) is 5.11 Å². The van der Waals surface area contributed by atoms with Crippen molar-refractivity contribution < 1.29 is 9.53 Å². The SMILES string of the molecule is C.CC(C)(C)OC(=O)N1C[Si](C)(C)c2ccccc21.C[Si](C)(C)c1ccccc1N=[N+]=[N-]. The monoisotopic (exact) mass is 470 g/mol. The summed E-state index contributed by atoms with van der Waals surface area (Å²) in [5.74, 6) is 0. The Bertz CT molecular complexity index is 988. The van der Waals surface area contributed by atoms with Crippen LogP contribution in [0.5, 0.6) is 0 Å². The third-order valence-electron chi connectivity index (χ3n) is 4.96. The number of nitrogens with zero attached hydrogens (tertiary/aromatic N) is 4. The molecule has 2 aromatic carbocycles. The number of carbonyl (C=O) groups is 1. The topological polar surface area (TPSA) is 78.3 Å². The molecule has 0 fully saturated rings. The van der Waals surface area contributed by atoms with E-state index in [9.17, 15) is 4.79 Å². The first-order valence-corrected chi connectivity index (χ1v) is 17.2. The molecule has 0 radical (unpaired) electrons. The number of hydrogen-bond donors (Lipinski definition) is 0. The van der Waals surface area contributed by atoms with E-state index >= 15 is 0 Å². The standard InChI is InChI=1S/C14H21NO2Si.C9H13N3Si.CH4/c1-14(2,3)17-13(16)15-10-18(4,5)12-9-7-6-8-11(12)15;1-13(2,3)9-7-5-4-6-8(9)11-12-10;/h6-9H,10H2,1-5H3;4-7H,1-3H3;1H4. The van der Waals surface area contributed by atoms with Crippen LogP contribution in [0.2, 0.25) is 32.7 Å². The molecule has 1 aliphatic rings. The van der Waals surface area contributed by atoms with Gasteiger partial charge in [-0.05, 0) is 37.6 Å². The molecule has 0 atom stereocenters. The van der Waals surface area contributed by atoms with Crippen molar-refractivity contribution in [1.82, 2.24) is 0 Å². The molecule has 0 spiro atoms. The second-order valence-electron chi connectivity index (χ2n) is 10.4. The van der Waals surface area contributed by atoms with E-state index < -0.39 is 21.7 Å². The molecule has 0 saturated carbocycles. The molecule has 2 aromatic rings. The van der Waals surface area contributed by atoms with Gasteiger partial charge in [-0.2, -0.15) is 0 Å². The predicted molar refractivity (Wildman–Crippen MR) is 142 cm³/mol. The van der Waals surface area contributed by atoms with E-state index in [1.54, 1.807) is 4.90 Å². The number of para-hydroxylation sites is 1. The minimum atomic E-state index is -1.54. The van der Waals surface area contributed by atoms with Crippen molar-refractivity contribution in [1.29, 1.82) is 0 Å². The number of anilines is 1. The molecule has 0 aromatic heterocycles.